The topological polar surface area (TPSA) is 72.6 Å². The molecule has 0 saturated carbocycles. The highest BCUT2D eigenvalue weighted by Gasteiger charge is 2.25. The van der Waals surface area contributed by atoms with E-state index in [2.05, 4.69) is 36.9 Å². The standard InChI is InChI=1S/C20H26N2O3S/c1-15-12-16(2)14-17(13-15)20-4-3-9-22(20)10-11-25-18-5-7-19(8-6-18)26(21,23)24/h5-8,12-14,20H,3-4,9-11H2,1-2H3,(H2,21,23,24). The fraction of sp³-hybridized carbons (Fsp3) is 0.400. The van der Waals surface area contributed by atoms with Crippen molar-refractivity contribution in [1.29, 1.82) is 0 Å². The van der Waals surface area contributed by atoms with Gasteiger partial charge >= 0.3 is 0 Å². The number of hydrogen-bond donors (Lipinski definition) is 1. The second kappa shape index (κ2) is 7.78. The molecule has 0 radical (unpaired) electrons. The second-order valence-corrected chi connectivity index (χ2v) is 8.54. The van der Waals surface area contributed by atoms with Gasteiger partial charge < -0.3 is 4.74 Å². The molecule has 0 amide bonds. The molecule has 140 valence electrons. The third-order valence-corrected chi connectivity index (χ3v) is 5.72. The molecule has 26 heavy (non-hydrogen) atoms. The molecule has 1 aliphatic heterocycles. The van der Waals surface area contributed by atoms with E-state index in [0.29, 0.717) is 18.4 Å². The lowest BCUT2D eigenvalue weighted by atomic mass is 10.00. The Hall–Kier alpha value is -1.89. The maximum absolute atomic E-state index is 11.3. The van der Waals surface area contributed by atoms with E-state index in [0.717, 1.165) is 13.1 Å². The first-order valence-corrected chi connectivity index (χ1v) is 10.5. The zero-order chi connectivity index (χ0) is 18.7. The predicted molar refractivity (Wildman–Crippen MR) is 103 cm³/mol. The summed E-state index contributed by atoms with van der Waals surface area (Å²) in [5.74, 6) is 0.652. The third kappa shape index (κ3) is 4.63. The number of ether oxygens (including phenoxy) is 1. The van der Waals surface area contributed by atoms with Crippen molar-refractivity contribution in [3.05, 3.63) is 59.2 Å². The van der Waals surface area contributed by atoms with Crippen LogP contribution in [0.1, 0.15) is 35.6 Å². The van der Waals surface area contributed by atoms with Crippen molar-refractivity contribution >= 4 is 10.0 Å². The number of hydrogen-bond acceptors (Lipinski definition) is 4. The van der Waals surface area contributed by atoms with Crippen LogP contribution in [0.2, 0.25) is 0 Å². The van der Waals surface area contributed by atoms with Gasteiger partial charge in [0.05, 0.1) is 4.90 Å². The summed E-state index contributed by atoms with van der Waals surface area (Å²) in [5, 5.41) is 5.11. The molecule has 1 aliphatic rings. The molecule has 1 unspecified atom stereocenters. The van der Waals surface area contributed by atoms with Crippen LogP contribution in [0.3, 0.4) is 0 Å². The van der Waals surface area contributed by atoms with Crippen LogP contribution in [0.4, 0.5) is 0 Å². The molecule has 2 aromatic carbocycles. The summed E-state index contributed by atoms with van der Waals surface area (Å²) in [4.78, 5) is 2.56. The number of primary sulfonamides is 1. The number of benzene rings is 2. The molecule has 2 N–H and O–H groups in total. The van der Waals surface area contributed by atoms with Crippen molar-refractivity contribution in [1.82, 2.24) is 4.90 Å². The number of nitrogens with zero attached hydrogens (tertiary/aromatic N) is 1. The molecule has 3 rings (SSSR count). The number of nitrogens with two attached hydrogens (primary N) is 1. The highest BCUT2D eigenvalue weighted by atomic mass is 32.2. The average Bonchev–Trinajstić information content (AvgIpc) is 3.02. The lowest BCUT2D eigenvalue weighted by Gasteiger charge is -2.25. The predicted octanol–water partition coefficient (Wildman–Crippen LogP) is 3.17. The molecule has 5 nitrogen and oxygen atoms in total. The van der Waals surface area contributed by atoms with Gasteiger partial charge in [-0.3, -0.25) is 4.90 Å². The Bertz CT molecular complexity index is 843. The number of sulfonamides is 1. The number of aryl methyl sites for hydroxylation is 2. The van der Waals surface area contributed by atoms with Crippen molar-refractivity contribution in [3.63, 3.8) is 0 Å². The van der Waals surface area contributed by atoms with Gasteiger partial charge in [-0.2, -0.15) is 0 Å². The van der Waals surface area contributed by atoms with E-state index in [-0.39, 0.29) is 4.90 Å². The first kappa shape index (κ1) is 18.9. The fourth-order valence-corrected chi connectivity index (χ4v) is 4.20. The summed E-state index contributed by atoms with van der Waals surface area (Å²) in [7, 11) is -3.66. The van der Waals surface area contributed by atoms with Gasteiger partial charge in [-0.15, -0.1) is 0 Å². The Morgan fingerprint density at radius 3 is 2.38 bits per heavy atom. The van der Waals surface area contributed by atoms with E-state index in [1.807, 2.05) is 0 Å². The van der Waals surface area contributed by atoms with Gasteiger partial charge in [0.25, 0.3) is 0 Å². The molecule has 2 aromatic rings. The van der Waals surface area contributed by atoms with Crippen LogP contribution in [-0.4, -0.2) is 33.0 Å². The maximum atomic E-state index is 11.3. The van der Waals surface area contributed by atoms with Crippen molar-refractivity contribution in [2.45, 2.75) is 37.6 Å². The van der Waals surface area contributed by atoms with Crippen LogP contribution in [0.5, 0.6) is 5.75 Å². The molecule has 6 heteroatoms. The van der Waals surface area contributed by atoms with Crippen LogP contribution >= 0.6 is 0 Å². The van der Waals surface area contributed by atoms with E-state index in [1.54, 1.807) is 12.1 Å². The zero-order valence-electron chi connectivity index (χ0n) is 15.3. The van der Waals surface area contributed by atoms with Crippen molar-refractivity contribution < 1.29 is 13.2 Å². The minimum atomic E-state index is -3.66. The van der Waals surface area contributed by atoms with Crippen LogP contribution in [0, 0.1) is 13.8 Å². The number of rotatable bonds is 6. The molecule has 1 heterocycles. The van der Waals surface area contributed by atoms with Gasteiger partial charge in [-0.25, -0.2) is 13.6 Å². The number of likely N-dealkylation sites (tertiary alicyclic amines) is 1. The van der Waals surface area contributed by atoms with E-state index >= 15 is 0 Å². The Balaban J connectivity index is 1.58. The van der Waals surface area contributed by atoms with Crippen LogP contribution in [0.25, 0.3) is 0 Å². The van der Waals surface area contributed by atoms with Crippen molar-refractivity contribution in [2.75, 3.05) is 19.7 Å². The van der Waals surface area contributed by atoms with Crippen LogP contribution in [-0.2, 0) is 10.0 Å². The largest absolute Gasteiger partial charge is 0.492 e. The van der Waals surface area contributed by atoms with E-state index in [9.17, 15) is 8.42 Å². The molecule has 0 aromatic heterocycles. The lowest BCUT2D eigenvalue weighted by molar-refractivity contribution is 0.197. The summed E-state index contributed by atoms with van der Waals surface area (Å²) < 4.78 is 28.4. The second-order valence-electron chi connectivity index (χ2n) is 6.98. The lowest BCUT2D eigenvalue weighted by Crippen LogP contribution is -2.28. The Kier molecular flexibility index (Phi) is 5.65. The summed E-state index contributed by atoms with van der Waals surface area (Å²) in [6.45, 7) is 6.77. The molecule has 1 saturated heterocycles. The summed E-state index contributed by atoms with van der Waals surface area (Å²) >= 11 is 0. The summed E-state index contributed by atoms with van der Waals surface area (Å²) in [6.07, 6.45) is 2.37. The van der Waals surface area contributed by atoms with Gasteiger partial charge in [-0.1, -0.05) is 29.3 Å². The maximum Gasteiger partial charge on any atom is 0.238 e. The third-order valence-electron chi connectivity index (χ3n) is 4.79. The first-order valence-electron chi connectivity index (χ1n) is 8.91. The first-order chi connectivity index (χ1) is 12.3. The van der Waals surface area contributed by atoms with E-state index < -0.39 is 10.0 Å². The minimum absolute atomic E-state index is 0.0966. The molecule has 1 atom stereocenters. The van der Waals surface area contributed by atoms with Crippen LogP contribution < -0.4 is 9.88 Å². The molecular weight excluding hydrogens is 348 g/mol. The van der Waals surface area contributed by atoms with Gasteiger partial charge in [0.15, 0.2) is 0 Å². The normalized spacial score (nSPS) is 18.2. The monoisotopic (exact) mass is 374 g/mol. The van der Waals surface area contributed by atoms with E-state index in [4.69, 9.17) is 9.88 Å². The average molecular weight is 375 g/mol. The Morgan fingerprint density at radius 2 is 1.77 bits per heavy atom. The summed E-state index contributed by atoms with van der Waals surface area (Å²) in [5.41, 5.74) is 3.99. The highest BCUT2D eigenvalue weighted by Crippen LogP contribution is 2.32. The Morgan fingerprint density at radius 1 is 1.12 bits per heavy atom. The minimum Gasteiger partial charge on any atom is -0.492 e. The molecule has 0 spiro atoms. The van der Waals surface area contributed by atoms with Gasteiger partial charge in [-0.05, 0) is 63.1 Å². The molecule has 1 fully saturated rings. The highest BCUT2D eigenvalue weighted by molar-refractivity contribution is 7.89. The Labute approximate surface area is 155 Å². The molecule has 0 bridgehead atoms. The summed E-state index contributed by atoms with van der Waals surface area (Å²) in [6, 6.07) is 13.4. The van der Waals surface area contributed by atoms with Gasteiger partial charge in [0.2, 0.25) is 10.0 Å². The molecular formula is C20H26N2O3S. The fourth-order valence-electron chi connectivity index (χ4n) is 3.68. The smallest absolute Gasteiger partial charge is 0.238 e. The van der Waals surface area contributed by atoms with Crippen LogP contribution in [0.15, 0.2) is 47.4 Å². The van der Waals surface area contributed by atoms with Gasteiger partial charge in [0.1, 0.15) is 12.4 Å². The van der Waals surface area contributed by atoms with E-state index in [1.165, 1.54) is 41.7 Å². The van der Waals surface area contributed by atoms with Gasteiger partial charge in [0, 0.05) is 12.6 Å². The SMILES string of the molecule is Cc1cc(C)cc(C2CCCN2CCOc2ccc(S(N)(=O)=O)cc2)c1. The zero-order valence-corrected chi connectivity index (χ0v) is 16.1. The quantitative estimate of drug-likeness (QED) is 0.843. The van der Waals surface area contributed by atoms with Crippen molar-refractivity contribution in [2.24, 2.45) is 5.14 Å². The molecule has 0 aliphatic carbocycles. The van der Waals surface area contributed by atoms with Crippen molar-refractivity contribution in [3.8, 4) is 5.75 Å².